The van der Waals surface area contributed by atoms with Crippen LogP contribution in [0.3, 0.4) is 0 Å². The molecule has 0 spiro atoms. The van der Waals surface area contributed by atoms with Crippen LogP contribution in [0.15, 0.2) is 29.4 Å². The first-order valence-corrected chi connectivity index (χ1v) is 8.75. The summed E-state index contributed by atoms with van der Waals surface area (Å²) < 4.78 is 5.10. The van der Waals surface area contributed by atoms with Crippen LogP contribution in [0.4, 0.5) is 5.69 Å². The molecule has 11 nitrogen and oxygen atoms in total. The molecule has 0 saturated carbocycles. The SMILES string of the molecule is CN1C(=O)/C(=N\NC(N)=S)c2ccccc21.Cl.N=C(N)NC(=N)N1CCOCC1. The standard InChI is InChI=1S/C10H10N4OS.C6H13N5O.ClH/c1-14-7-5-3-2-4-6(7)8(9(14)15)12-13-10(11)16;7-5(8)10-6(9)11-1-3-12-4-2-11;/h2-5H,1H3,(H3,11,13,16);1-4H2,(H5,7,8,9,10);1H/b12-8-;;. The molecule has 2 aliphatic heterocycles. The van der Waals surface area contributed by atoms with Crippen LogP contribution in [-0.2, 0) is 9.53 Å². The fraction of sp³-hybridized carbons (Fsp3) is 0.312. The number of nitrogens with two attached hydrogens (primary N) is 2. The molecule has 158 valence electrons. The Morgan fingerprint density at radius 1 is 1.24 bits per heavy atom. The molecule has 29 heavy (non-hydrogen) atoms. The fourth-order valence-electron chi connectivity index (χ4n) is 2.56. The third-order valence-electron chi connectivity index (χ3n) is 3.89. The number of fused-ring (bicyclic) bond motifs is 1. The van der Waals surface area contributed by atoms with E-state index in [1.165, 1.54) is 4.90 Å². The minimum Gasteiger partial charge on any atom is -0.378 e. The number of hydrazone groups is 1. The molecule has 8 N–H and O–H groups in total. The number of hydrogen-bond acceptors (Lipinski definition) is 6. The lowest BCUT2D eigenvalue weighted by Crippen LogP contribution is -2.50. The van der Waals surface area contributed by atoms with Crippen molar-refractivity contribution in [3.8, 4) is 0 Å². The van der Waals surface area contributed by atoms with Crippen molar-refractivity contribution in [2.24, 2.45) is 16.6 Å². The molecule has 1 amide bonds. The van der Waals surface area contributed by atoms with Crippen LogP contribution in [0.1, 0.15) is 5.56 Å². The van der Waals surface area contributed by atoms with E-state index in [1.807, 2.05) is 24.3 Å². The molecule has 0 unspecified atom stereocenters. The number of amides is 1. The van der Waals surface area contributed by atoms with E-state index in [9.17, 15) is 4.79 Å². The average Bonchev–Trinajstić information content (AvgIpc) is 2.91. The summed E-state index contributed by atoms with van der Waals surface area (Å²) in [5, 5.41) is 20.7. The maximum atomic E-state index is 11.8. The van der Waals surface area contributed by atoms with Gasteiger partial charge in [-0.15, -0.1) is 12.4 Å². The maximum Gasteiger partial charge on any atom is 0.279 e. The van der Waals surface area contributed by atoms with Crippen molar-refractivity contribution >= 4 is 59.0 Å². The minimum absolute atomic E-state index is 0. The van der Waals surface area contributed by atoms with E-state index in [-0.39, 0.29) is 35.3 Å². The summed E-state index contributed by atoms with van der Waals surface area (Å²) in [6.45, 7) is 2.61. The number of ether oxygens (including phenoxy) is 1. The predicted molar refractivity (Wildman–Crippen MR) is 119 cm³/mol. The molecule has 1 aromatic carbocycles. The van der Waals surface area contributed by atoms with Gasteiger partial charge in [-0.1, -0.05) is 18.2 Å². The second kappa shape index (κ2) is 11.1. The highest BCUT2D eigenvalue weighted by Gasteiger charge is 2.31. The van der Waals surface area contributed by atoms with Crippen LogP contribution in [0.5, 0.6) is 0 Å². The quantitative estimate of drug-likeness (QED) is 0.145. The number of nitrogens with one attached hydrogen (secondary N) is 4. The lowest BCUT2D eigenvalue weighted by molar-refractivity contribution is -0.111. The summed E-state index contributed by atoms with van der Waals surface area (Å²) in [6, 6.07) is 7.40. The molecule has 1 fully saturated rings. The highest BCUT2D eigenvalue weighted by Crippen LogP contribution is 2.27. The van der Waals surface area contributed by atoms with Gasteiger partial charge in [-0.25, -0.2) is 0 Å². The molecule has 1 saturated heterocycles. The van der Waals surface area contributed by atoms with Crippen molar-refractivity contribution in [1.82, 2.24) is 15.6 Å². The normalized spacial score (nSPS) is 16.2. The second-order valence-corrected chi connectivity index (χ2v) is 6.24. The van der Waals surface area contributed by atoms with E-state index < -0.39 is 0 Å². The van der Waals surface area contributed by atoms with Crippen LogP contribution in [0.25, 0.3) is 0 Å². The number of thiocarbonyl (C=S) groups is 1. The lowest BCUT2D eigenvalue weighted by Gasteiger charge is -2.28. The van der Waals surface area contributed by atoms with Crippen molar-refractivity contribution in [2.75, 3.05) is 38.3 Å². The van der Waals surface area contributed by atoms with Gasteiger partial charge in [0.2, 0.25) is 0 Å². The predicted octanol–water partition coefficient (Wildman–Crippen LogP) is -0.641. The highest BCUT2D eigenvalue weighted by atomic mass is 35.5. The number of guanidine groups is 2. The van der Waals surface area contributed by atoms with Gasteiger partial charge in [0.15, 0.2) is 22.7 Å². The molecule has 0 aliphatic carbocycles. The van der Waals surface area contributed by atoms with E-state index in [2.05, 4.69) is 28.1 Å². The summed E-state index contributed by atoms with van der Waals surface area (Å²) in [6.07, 6.45) is 0. The largest absolute Gasteiger partial charge is 0.378 e. The zero-order chi connectivity index (χ0) is 20.7. The molecular formula is C16H24ClN9O2S. The van der Waals surface area contributed by atoms with Crippen molar-refractivity contribution < 1.29 is 9.53 Å². The third kappa shape index (κ3) is 6.55. The summed E-state index contributed by atoms with van der Waals surface area (Å²) in [7, 11) is 1.70. The van der Waals surface area contributed by atoms with Gasteiger partial charge in [0.25, 0.3) is 5.91 Å². The number of rotatable bonds is 1. The average molecular weight is 442 g/mol. The first kappa shape index (κ1) is 24.1. The minimum atomic E-state index is -0.202. The van der Waals surface area contributed by atoms with Crippen LogP contribution in [0.2, 0.25) is 0 Å². The lowest BCUT2D eigenvalue weighted by atomic mass is 10.1. The zero-order valence-corrected chi connectivity index (χ0v) is 17.4. The Labute approximate surface area is 179 Å². The zero-order valence-electron chi connectivity index (χ0n) is 15.8. The number of likely N-dealkylation sites (N-methyl/N-ethyl adjacent to an activating group) is 1. The Hall–Kier alpha value is -2.96. The van der Waals surface area contributed by atoms with Crippen LogP contribution >= 0.6 is 24.6 Å². The molecule has 0 atom stereocenters. The van der Waals surface area contributed by atoms with Gasteiger partial charge in [-0.2, -0.15) is 5.10 Å². The molecule has 0 radical (unpaired) electrons. The fourth-order valence-corrected chi connectivity index (χ4v) is 2.61. The number of benzene rings is 1. The number of carbonyl (C=O) groups is 1. The first-order chi connectivity index (χ1) is 13.3. The molecular weight excluding hydrogens is 418 g/mol. The van der Waals surface area contributed by atoms with Crippen molar-refractivity contribution in [3.05, 3.63) is 29.8 Å². The van der Waals surface area contributed by atoms with Gasteiger partial charge in [0, 0.05) is 25.7 Å². The van der Waals surface area contributed by atoms with Crippen LogP contribution in [0, 0.1) is 10.8 Å². The van der Waals surface area contributed by atoms with E-state index in [4.69, 9.17) is 27.0 Å². The number of carbonyl (C=O) groups excluding carboxylic acids is 1. The van der Waals surface area contributed by atoms with E-state index >= 15 is 0 Å². The van der Waals surface area contributed by atoms with Crippen LogP contribution in [-0.4, -0.2) is 66.9 Å². The molecule has 0 aromatic heterocycles. The van der Waals surface area contributed by atoms with E-state index in [1.54, 1.807) is 11.9 Å². The molecule has 1 aromatic rings. The van der Waals surface area contributed by atoms with Gasteiger partial charge in [0.05, 0.1) is 18.9 Å². The number of hydrogen-bond donors (Lipinski definition) is 6. The first-order valence-electron chi connectivity index (χ1n) is 8.34. The number of para-hydroxylation sites is 1. The van der Waals surface area contributed by atoms with Crippen LogP contribution < -0.4 is 27.1 Å². The summed E-state index contributed by atoms with van der Waals surface area (Å²) in [5.41, 5.74) is 14.7. The number of morpholine rings is 1. The van der Waals surface area contributed by atoms with Gasteiger partial charge < -0.3 is 26.0 Å². The van der Waals surface area contributed by atoms with E-state index in [0.29, 0.717) is 32.0 Å². The van der Waals surface area contributed by atoms with Crippen molar-refractivity contribution in [1.29, 1.82) is 10.8 Å². The maximum absolute atomic E-state index is 11.8. The van der Waals surface area contributed by atoms with Gasteiger partial charge in [-0.3, -0.25) is 26.4 Å². The Morgan fingerprint density at radius 3 is 2.45 bits per heavy atom. The molecule has 13 heteroatoms. The Bertz CT molecular complexity index is 811. The van der Waals surface area contributed by atoms with Gasteiger partial charge in [-0.05, 0) is 18.3 Å². The monoisotopic (exact) mass is 441 g/mol. The topological polar surface area (TPSA) is 169 Å². The highest BCUT2D eigenvalue weighted by molar-refractivity contribution is 7.80. The van der Waals surface area contributed by atoms with Crippen molar-refractivity contribution in [3.63, 3.8) is 0 Å². The Morgan fingerprint density at radius 2 is 1.86 bits per heavy atom. The Balaban J connectivity index is 0.000000292. The summed E-state index contributed by atoms with van der Waals surface area (Å²) >= 11 is 4.63. The van der Waals surface area contributed by atoms with Crippen molar-refractivity contribution in [2.45, 2.75) is 0 Å². The molecule has 3 rings (SSSR count). The second-order valence-electron chi connectivity index (χ2n) is 5.80. The molecule has 2 aliphatic rings. The van der Waals surface area contributed by atoms with Gasteiger partial charge in [0.1, 0.15) is 0 Å². The van der Waals surface area contributed by atoms with Gasteiger partial charge >= 0.3 is 0 Å². The number of halogens is 1. The number of nitrogens with zero attached hydrogens (tertiary/aromatic N) is 3. The summed E-state index contributed by atoms with van der Waals surface area (Å²) in [5.74, 6) is -0.206. The molecule has 0 bridgehead atoms. The molecule has 2 heterocycles. The Kier molecular flexibility index (Phi) is 9.25. The summed E-state index contributed by atoms with van der Waals surface area (Å²) in [4.78, 5) is 15.2. The number of anilines is 1. The van der Waals surface area contributed by atoms with E-state index in [0.717, 1.165) is 11.3 Å². The smallest absolute Gasteiger partial charge is 0.279 e. The third-order valence-corrected chi connectivity index (χ3v) is 3.98.